The molecule has 124 valence electrons. The Hall–Kier alpha value is -2.43. The molecule has 2 rings (SSSR count). The van der Waals surface area contributed by atoms with Crippen LogP contribution < -0.4 is 15.6 Å². The van der Waals surface area contributed by atoms with Crippen molar-refractivity contribution in [3.63, 3.8) is 0 Å². The normalized spacial score (nSPS) is 10.8. The van der Waals surface area contributed by atoms with E-state index < -0.39 is 35.8 Å². The zero-order valence-electron chi connectivity index (χ0n) is 11.3. The molecular weight excluding hydrogens is 342 g/mol. The Morgan fingerprint density at radius 3 is 2.87 bits per heavy atom. The molecule has 1 amide bonds. The highest BCUT2D eigenvalue weighted by Gasteiger charge is 2.15. The van der Waals surface area contributed by atoms with E-state index in [9.17, 15) is 27.2 Å². The molecule has 0 aliphatic rings. The third kappa shape index (κ3) is 4.28. The molecule has 0 saturated carbocycles. The first-order valence-electron chi connectivity index (χ1n) is 6.08. The van der Waals surface area contributed by atoms with Crippen molar-refractivity contribution in [1.82, 2.24) is 9.55 Å². The number of halogens is 4. The Bertz CT molecular complexity index is 762. The summed E-state index contributed by atoms with van der Waals surface area (Å²) in [6, 6.07) is 0.770. The van der Waals surface area contributed by atoms with E-state index in [1.165, 1.54) is 0 Å². The Morgan fingerprint density at radius 2 is 2.22 bits per heavy atom. The summed E-state index contributed by atoms with van der Waals surface area (Å²) in [6.45, 7) is -4.33. The monoisotopic (exact) mass is 351 g/mol. The first-order valence-corrected chi connectivity index (χ1v) is 6.90. The van der Waals surface area contributed by atoms with Crippen molar-refractivity contribution >= 4 is 22.9 Å². The topological polar surface area (TPSA) is 73.2 Å². The fourth-order valence-corrected chi connectivity index (χ4v) is 2.27. The lowest BCUT2D eigenvalue weighted by molar-refractivity contribution is -0.0499. The predicted molar refractivity (Wildman–Crippen MR) is 73.3 cm³/mol. The van der Waals surface area contributed by atoms with Crippen LogP contribution in [0.1, 0.15) is 9.67 Å². The molecule has 2 aromatic rings. The zero-order valence-corrected chi connectivity index (χ0v) is 12.1. The van der Waals surface area contributed by atoms with Crippen LogP contribution in [0.5, 0.6) is 5.19 Å². The van der Waals surface area contributed by atoms with E-state index in [-0.39, 0.29) is 17.1 Å². The summed E-state index contributed by atoms with van der Waals surface area (Å²) < 4.78 is 54.6. The highest BCUT2D eigenvalue weighted by atomic mass is 32.1. The molecule has 1 N–H and O–H groups in total. The van der Waals surface area contributed by atoms with Crippen molar-refractivity contribution in [2.45, 2.75) is 13.2 Å². The molecule has 6 nitrogen and oxygen atoms in total. The number of ether oxygens (including phenoxy) is 1. The second kappa shape index (κ2) is 7.22. The van der Waals surface area contributed by atoms with Gasteiger partial charge < -0.3 is 14.6 Å². The van der Waals surface area contributed by atoms with Gasteiger partial charge in [0.2, 0.25) is 0 Å². The molecular formula is C12H9F4N3O3S. The van der Waals surface area contributed by atoms with E-state index >= 15 is 0 Å². The summed E-state index contributed by atoms with van der Waals surface area (Å²) in [5.74, 6) is -1.93. The molecule has 2 heterocycles. The fraction of sp³-hybridized carbons (Fsp3) is 0.250. The van der Waals surface area contributed by atoms with Crippen LogP contribution in [0.2, 0.25) is 0 Å². The van der Waals surface area contributed by atoms with Gasteiger partial charge in [0.25, 0.3) is 16.7 Å². The van der Waals surface area contributed by atoms with E-state index in [2.05, 4.69) is 15.0 Å². The summed E-state index contributed by atoms with van der Waals surface area (Å²) >= 11 is 0.563. The second-order valence-electron chi connectivity index (χ2n) is 4.09. The number of amides is 1. The van der Waals surface area contributed by atoms with Gasteiger partial charge in [-0.3, -0.25) is 9.59 Å². The maximum absolute atomic E-state index is 13.4. The molecule has 2 aromatic heterocycles. The summed E-state index contributed by atoms with van der Waals surface area (Å²) in [4.78, 5) is 26.7. The summed E-state index contributed by atoms with van der Waals surface area (Å²) in [5, 5.41) is 1.85. The number of rotatable bonds is 6. The van der Waals surface area contributed by atoms with E-state index in [0.29, 0.717) is 11.3 Å². The van der Waals surface area contributed by atoms with Crippen molar-refractivity contribution in [2.24, 2.45) is 0 Å². The van der Waals surface area contributed by atoms with Crippen molar-refractivity contribution in [1.29, 1.82) is 0 Å². The maximum Gasteiger partial charge on any atom is 0.389 e. The van der Waals surface area contributed by atoms with E-state index in [1.807, 2.05) is 0 Å². The van der Waals surface area contributed by atoms with Gasteiger partial charge in [-0.25, -0.2) is 13.8 Å². The lowest BCUT2D eigenvalue weighted by atomic mass is 10.3. The molecule has 0 bridgehead atoms. The minimum absolute atomic E-state index is 0.0655. The van der Waals surface area contributed by atoms with Gasteiger partial charge in [-0.1, -0.05) is 11.3 Å². The molecule has 0 spiro atoms. The van der Waals surface area contributed by atoms with E-state index in [0.717, 1.165) is 23.0 Å². The van der Waals surface area contributed by atoms with Crippen molar-refractivity contribution in [3.05, 3.63) is 39.5 Å². The quantitative estimate of drug-likeness (QED) is 0.811. The molecule has 11 heteroatoms. The molecule has 0 aliphatic carbocycles. The molecule has 23 heavy (non-hydrogen) atoms. The lowest BCUT2D eigenvalue weighted by Crippen LogP contribution is -2.24. The van der Waals surface area contributed by atoms with Crippen LogP contribution in [0.25, 0.3) is 0 Å². The second-order valence-corrected chi connectivity index (χ2v) is 5.08. The minimum Gasteiger partial charge on any atom is -0.408 e. The third-order valence-electron chi connectivity index (χ3n) is 2.52. The number of aryl methyl sites for hydroxylation is 1. The van der Waals surface area contributed by atoms with Crippen LogP contribution >= 0.6 is 11.3 Å². The standard InChI is InChI=1S/C12H9F4N3O3S/c13-1-2-19-5-6(3-7(14)10(19)21)18-9(20)8-4-17-12(23-8)22-11(15)16/h3-5,11H,1-2H2,(H,18,20). The van der Waals surface area contributed by atoms with Crippen LogP contribution in [-0.4, -0.2) is 28.7 Å². The molecule has 0 aromatic carbocycles. The Balaban J connectivity index is 2.16. The number of pyridine rings is 1. The van der Waals surface area contributed by atoms with Crippen molar-refractivity contribution < 1.29 is 27.1 Å². The van der Waals surface area contributed by atoms with E-state index in [4.69, 9.17) is 0 Å². The lowest BCUT2D eigenvalue weighted by Gasteiger charge is -2.08. The SMILES string of the molecule is O=C(Nc1cc(F)c(=O)n(CCF)c1)c1cnc(OC(F)F)s1. The number of aromatic nitrogens is 2. The summed E-state index contributed by atoms with van der Waals surface area (Å²) in [7, 11) is 0. The number of carbonyl (C=O) groups is 1. The molecule has 0 fully saturated rings. The number of hydrogen-bond donors (Lipinski definition) is 1. The molecule has 0 unspecified atom stereocenters. The Morgan fingerprint density at radius 1 is 1.48 bits per heavy atom. The summed E-state index contributed by atoms with van der Waals surface area (Å²) in [5.41, 5.74) is -1.11. The van der Waals surface area contributed by atoms with Crippen LogP contribution in [0.15, 0.2) is 23.3 Å². The van der Waals surface area contributed by atoms with Gasteiger partial charge in [-0.2, -0.15) is 8.78 Å². The van der Waals surface area contributed by atoms with Crippen molar-refractivity contribution in [3.8, 4) is 5.19 Å². The smallest absolute Gasteiger partial charge is 0.389 e. The zero-order chi connectivity index (χ0) is 17.0. The van der Waals surface area contributed by atoms with Crippen LogP contribution in [-0.2, 0) is 6.54 Å². The Labute approximate surface area is 130 Å². The number of thiazole rings is 1. The molecule has 0 aliphatic heterocycles. The van der Waals surface area contributed by atoms with Gasteiger partial charge in [0.05, 0.1) is 18.4 Å². The van der Waals surface area contributed by atoms with Crippen molar-refractivity contribution in [2.75, 3.05) is 12.0 Å². The first-order chi connectivity index (χ1) is 10.9. The van der Waals surface area contributed by atoms with Gasteiger partial charge in [0.1, 0.15) is 11.6 Å². The minimum atomic E-state index is -3.07. The number of alkyl halides is 3. The molecule has 0 radical (unpaired) electrons. The molecule has 0 saturated heterocycles. The van der Waals surface area contributed by atoms with Crippen LogP contribution in [0, 0.1) is 5.82 Å². The fourth-order valence-electron chi connectivity index (χ4n) is 1.61. The number of carbonyl (C=O) groups excluding carboxylic acids is 1. The predicted octanol–water partition coefficient (Wildman–Crippen LogP) is 2.27. The number of nitrogens with one attached hydrogen (secondary N) is 1. The third-order valence-corrected chi connectivity index (χ3v) is 3.41. The van der Waals surface area contributed by atoms with Crippen LogP contribution in [0.3, 0.4) is 0 Å². The van der Waals surface area contributed by atoms with Gasteiger partial charge in [-0.15, -0.1) is 0 Å². The highest BCUT2D eigenvalue weighted by Crippen LogP contribution is 2.23. The van der Waals surface area contributed by atoms with Gasteiger partial charge in [0.15, 0.2) is 5.82 Å². The molecule has 0 atom stereocenters. The maximum atomic E-state index is 13.4. The van der Waals surface area contributed by atoms with Crippen LogP contribution in [0.4, 0.5) is 23.2 Å². The first kappa shape index (κ1) is 16.9. The summed E-state index contributed by atoms with van der Waals surface area (Å²) in [6.07, 6.45) is 2.08. The highest BCUT2D eigenvalue weighted by molar-refractivity contribution is 7.15. The van der Waals surface area contributed by atoms with E-state index in [1.54, 1.807) is 0 Å². The average molecular weight is 351 g/mol. The largest absolute Gasteiger partial charge is 0.408 e. The number of anilines is 1. The van der Waals surface area contributed by atoms with Gasteiger partial charge >= 0.3 is 6.61 Å². The number of hydrogen-bond acceptors (Lipinski definition) is 5. The average Bonchev–Trinajstić information content (AvgIpc) is 2.92. The number of nitrogens with zero attached hydrogens (tertiary/aromatic N) is 2. The van der Waals surface area contributed by atoms with Gasteiger partial charge in [0, 0.05) is 12.3 Å². The van der Waals surface area contributed by atoms with Gasteiger partial charge in [-0.05, 0) is 0 Å². The Kier molecular flexibility index (Phi) is 5.32.